The molecule has 0 radical (unpaired) electrons. The van der Waals surface area contributed by atoms with E-state index in [-0.39, 0.29) is 5.41 Å². The summed E-state index contributed by atoms with van der Waals surface area (Å²) in [6, 6.07) is 0. The predicted molar refractivity (Wildman–Crippen MR) is 74.5 cm³/mol. The number of nitrogens with zero attached hydrogens (tertiary/aromatic N) is 2. The molecule has 1 unspecified atom stereocenters. The van der Waals surface area contributed by atoms with Crippen molar-refractivity contribution in [2.24, 2.45) is 17.1 Å². The van der Waals surface area contributed by atoms with E-state index in [0.717, 1.165) is 37.3 Å². The number of hydrogen-bond acceptors (Lipinski definition) is 3. The van der Waals surface area contributed by atoms with Crippen LogP contribution in [0.15, 0.2) is 0 Å². The first-order valence-electron chi connectivity index (χ1n) is 6.94. The maximum absolute atomic E-state index is 5.78. The van der Waals surface area contributed by atoms with E-state index < -0.39 is 0 Å². The van der Waals surface area contributed by atoms with Crippen LogP contribution < -0.4 is 5.73 Å². The van der Waals surface area contributed by atoms with Crippen LogP contribution in [0.4, 0.5) is 0 Å². The molecule has 0 saturated heterocycles. The number of nitrogens with two attached hydrogens (primary N) is 1. The maximum Gasteiger partial charge on any atom is 0.129 e. The molecule has 1 aromatic heterocycles. The molecule has 1 aliphatic carbocycles. The lowest BCUT2D eigenvalue weighted by Gasteiger charge is -2.25. The molecule has 1 aromatic rings. The fourth-order valence-corrected chi connectivity index (χ4v) is 2.68. The van der Waals surface area contributed by atoms with Crippen molar-refractivity contribution >= 4 is 0 Å². The van der Waals surface area contributed by atoms with Crippen molar-refractivity contribution in [2.75, 3.05) is 6.54 Å². The van der Waals surface area contributed by atoms with Gasteiger partial charge in [0, 0.05) is 17.8 Å². The molecule has 2 rings (SSSR count). The molecule has 1 heterocycles. The normalized spacial score (nSPS) is 19.7. The summed E-state index contributed by atoms with van der Waals surface area (Å²) >= 11 is 0. The van der Waals surface area contributed by atoms with Crippen LogP contribution in [0.3, 0.4) is 0 Å². The molecule has 0 fully saturated rings. The van der Waals surface area contributed by atoms with Crippen molar-refractivity contribution in [3.63, 3.8) is 0 Å². The van der Waals surface area contributed by atoms with Crippen molar-refractivity contribution in [1.82, 2.24) is 9.97 Å². The molecule has 1 atom stereocenters. The second kappa shape index (κ2) is 4.96. The molecule has 0 saturated carbocycles. The van der Waals surface area contributed by atoms with Crippen molar-refractivity contribution in [3.05, 3.63) is 22.8 Å². The van der Waals surface area contributed by atoms with Gasteiger partial charge < -0.3 is 5.73 Å². The van der Waals surface area contributed by atoms with Gasteiger partial charge >= 0.3 is 0 Å². The second-order valence-electron chi connectivity index (χ2n) is 6.73. The average Bonchev–Trinajstić information content (AvgIpc) is 2.26. The number of aryl methyl sites for hydroxylation is 2. The summed E-state index contributed by atoms with van der Waals surface area (Å²) < 4.78 is 0. The Balaban J connectivity index is 2.27. The number of hydrogen-bond donors (Lipinski definition) is 1. The topological polar surface area (TPSA) is 51.8 Å². The van der Waals surface area contributed by atoms with Gasteiger partial charge in [0.05, 0.1) is 0 Å². The summed E-state index contributed by atoms with van der Waals surface area (Å²) in [5, 5.41) is 0. The van der Waals surface area contributed by atoms with E-state index in [9.17, 15) is 0 Å². The molecule has 2 N–H and O–H groups in total. The standard InChI is InChI=1S/C15H25N3/c1-10-12-7-11(9-16)5-6-13(12)18-14(17-10)8-15(2,3)4/h11H,5-9,16H2,1-4H3. The molecule has 3 nitrogen and oxygen atoms in total. The first-order valence-corrected chi connectivity index (χ1v) is 6.94. The van der Waals surface area contributed by atoms with E-state index >= 15 is 0 Å². The summed E-state index contributed by atoms with van der Waals surface area (Å²) in [4.78, 5) is 9.46. The van der Waals surface area contributed by atoms with Gasteiger partial charge in [-0.05, 0) is 49.6 Å². The third-order valence-electron chi connectivity index (χ3n) is 3.65. The van der Waals surface area contributed by atoms with Crippen molar-refractivity contribution in [1.29, 1.82) is 0 Å². The molecule has 0 amide bonds. The van der Waals surface area contributed by atoms with Crippen LogP contribution in [-0.2, 0) is 19.3 Å². The Hall–Kier alpha value is -0.960. The van der Waals surface area contributed by atoms with Crippen LogP contribution in [0.2, 0.25) is 0 Å². The van der Waals surface area contributed by atoms with E-state index in [2.05, 4.69) is 32.7 Å². The Bertz CT molecular complexity index is 432. The average molecular weight is 247 g/mol. The molecular formula is C15H25N3. The lowest BCUT2D eigenvalue weighted by atomic mass is 9.85. The van der Waals surface area contributed by atoms with Gasteiger partial charge in [0.25, 0.3) is 0 Å². The lowest BCUT2D eigenvalue weighted by molar-refractivity contribution is 0.396. The number of aromatic nitrogens is 2. The van der Waals surface area contributed by atoms with Crippen molar-refractivity contribution in [3.8, 4) is 0 Å². The quantitative estimate of drug-likeness (QED) is 0.873. The molecule has 0 spiro atoms. The number of fused-ring (bicyclic) bond motifs is 1. The van der Waals surface area contributed by atoms with Gasteiger partial charge in [-0.15, -0.1) is 0 Å². The predicted octanol–water partition coefficient (Wildman–Crippen LogP) is 2.44. The summed E-state index contributed by atoms with van der Waals surface area (Å²) in [6.07, 6.45) is 4.25. The van der Waals surface area contributed by atoms with Gasteiger partial charge in [-0.25, -0.2) is 9.97 Å². The Labute approximate surface area is 110 Å². The zero-order chi connectivity index (χ0) is 13.3. The minimum absolute atomic E-state index is 0.245. The van der Waals surface area contributed by atoms with E-state index in [1.165, 1.54) is 17.7 Å². The zero-order valence-corrected chi connectivity index (χ0v) is 12.1. The highest BCUT2D eigenvalue weighted by molar-refractivity contribution is 5.28. The maximum atomic E-state index is 5.78. The minimum atomic E-state index is 0.245. The highest BCUT2D eigenvalue weighted by Gasteiger charge is 2.23. The highest BCUT2D eigenvalue weighted by Crippen LogP contribution is 2.27. The molecule has 1 aliphatic rings. The van der Waals surface area contributed by atoms with Gasteiger partial charge in [0.2, 0.25) is 0 Å². The van der Waals surface area contributed by atoms with E-state index in [1.54, 1.807) is 0 Å². The van der Waals surface area contributed by atoms with Crippen LogP contribution in [0, 0.1) is 18.3 Å². The van der Waals surface area contributed by atoms with Crippen LogP contribution in [0.25, 0.3) is 0 Å². The Kier molecular flexibility index (Phi) is 3.71. The van der Waals surface area contributed by atoms with Crippen molar-refractivity contribution < 1.29 is 0 Å². The van der Waals surface area contributed by atoms with Gasteiger partial charge in [0.15, 0.2) is 0 Å². The van der Waals surface area contributed by atoms with Crippen molar-refractivity contribution in [2.45, 2.75) is 53.4 Å². The lowest BCUT2D eigenvalue weighted by Crippen LogP contribution is -2.25. The minimum Gasteiger partial charge on any atom is -0.330 e. The fourth-order valence-electron chi connectivity index (χ4n) is 2.68. The van der Waals surface area contributed by atoms with E-state index in [1.807, 2.05) is 0 Å². The molecular weight excluding hydrogens is 222 g/mol. The highest BCUT2D eigenvalue weighted by atomic mass is 14.9. The fraction of sp³-hybridized carbons (Fsp3) is 0.733. The molecule has 18 heavy (non-hydrogen) atoms. The van der Waals surface area contributed by atoms with Gasteiger partial charge in [-0.3, -0.25) is 0 Å². The summed E-state index contributed by atoms with van der Waals surface area (Å²) in [5.74, 6) is 1.62. The molecule has 3 heteroatoms. The Morgan fingerprint density at radius 1 is 1.28 bits per heavy atom. The Morgan fingerprint density at radius 3 is 2.61 bits per heavy atom. The van der Waals surface area contributed by atoms with E-state index in [0.29, 0.717) is 5.92 Å². The first-order chi connectivity index (χ1) is 8.39. The van der Waals surface area contributed by atoms with Gasteiger partial charge in [0.1, 0.15) is 5.82 Å². The smallest absolute Gasteiger partial charge is 0.129 e. The third kappa shape index (κ3) is 3.08. The summed E-state index contributed by atoms with van der Waals surface area (Å²) in [5.41, 5.74) is 9.82. The van der Waals surface area contributed by atoms with Gasteiger partial charge in [-0.2, -0.15) is 0 Å². The largest absolute Gasteiger partial charge is 0.330 e. The molecule has 0 aliphatic heterocycles. The summed E-state index contributed by atoms with van der Waals surface area (Å²) in [7, 11) is 0. The van der Waals surface area contributed by atoms with Gasteiger partial charge in [-0.1, -0.05) is 20.8 Å². The third-order valence-corrected chi connectivity index (χ3v) is 3.65. The number of rotatable bonds is 2. The molecule has 0 aromatic carbocycles. The monoisotopic (exact) mass is 247 g/mol. The van der Waals surface area contributed by atoms with Crippen LogP contribution in [-0.4, -0.2) is 16.5 Å². The van der Waals surface area contributed by atoms with Crippen LogP contribution >= 0.6 is 0 Å². The molecule has 100 valence electrons. The second-order valence-corrected chi connectivity index (χ2v) is 6.73. The van der Waals surface area contributed by atoms with Crippen LogP contribution in [0.1, 0.15) is 50.0 Å². The zero-order valence-electron chi connectivity index (χ0n) is 12.1. The molecule has 0 bridgehead atoms. The Morgan fingerprint density at radius 2 is 2.00 bits per heavy atom. The van der Waals surface area contributed by atoms with E-state index in [4.69, 9.17) is 10.7 Å². The summed E-state index contributed by atoms with van der Waals surface area (Å²) in [6.45, 7) is 9.59. The van der Waals surface area contributed by atoms with Crippen LogP contribution in [0.5, 0.6) is 0 Å². The first kappa shape index (κ1) is 13.5. The SMILES string of the molecule is Cc1nc(CC(C)(C)C)nc2c1CC(CN)CC2.